The van der Waals surface area contributed by atoms with Crippen molar-refractivity contribution >= 4 is 17.3 Å². The molecule has 1 fully saturated rings. The second-order valence-electron chi connectivity index (χ2n) is 6.26. The van der Waals surface area contributed by atoms with Gasteiger partial charge in [-0.15, -0.1) is 11.6 Å². The molecular weight excluding hydrogens is 242 g/mol. The number of hydrogen-bond donors (Lipinski definition) is 0. The van der Waals surface area contributed by atoms with Gasteiger partial charge in [-0.1, -0.05) is 26.0 Å². The number of aryl methyl sites for hydroxylation is 1. The van der Waals surface area contributed by atoms with Crippen molar-refractivity contribution in [1.29, 1.82) is 0 Å². The van der Waals surface area contributed by atoms with Gasteiger partial charge in [0.2, 0.25) is 0 Å². The normalized spacial score (nSPS) is 19.7. The molecule has 2 heteroatoms. The number of benzene rings is 1. The lowest BCUT2D eigenvalue weighted by atomic mass is 9.85. The topological polar surface area (TPSA) is 3.24 Å². The lowest BCUT2D eigenvalue weighted by Crippen LogP contribution is -2.25. The molecule has 1 nitrogen and oxygen atoms in total. The molecule has 1 aliphatic rings. The minimum atomic E-state index is 0.499. The van der Waals surface area contributed by atoms with Gasteiger partial charge in [-0.05, 0) is 48.8 Å². The maximum Gasteiger partial charge on any atom is 0.0474 e. The fourth-order valence-electron chi connectivity index (χ4n) is 2.82. The largest absolute Gasteiger partial charge is 0.371 e. The summed E-state index contributed by atoms with van der Waals surface area (Å²) in [6.45, 7) is 9.33. The summed E-state index contributed by atoms with van der Waals surface area (Å²) in [5.74, 6) is 0.605. The van der Waals surface area contributed by atoms with Gasteiger partial charge in [0.1, 0.15) is 0 Å². The predicted molar refractivity (Wildman–Crippen MR) is 80.6 cm³/mol. The molecule has 0 saturated carbocycles. The third kappa shape index (κ3) is 3.20. The van der Waals surface area contributed by atoms with Crippen LogP contribution in [0.1, 0.15) is 44.2 Å². The molecule has 18 heavy (non-hydrogen) atoms. The molecule has 1 heterocycles. The van der Waals surface area contributed by atoms with Crippen LogP contribution in [0.2, 0.25) is 0 Å². The van der Waals surface area contributed by atoms with Crippen LogP contribution in [0.5, 0.6) is 0 Å². The molecule has 0 amide bonds. The Kier molecular flexibility index (Phi) is 4.21. The first kappa shape index (κ1) is 13.7. The summed E-state index contributed by atoms with van der Waals surface area (Å²) in [5, 5.41) is 0. The lowest BCUT2D eigenvalue weighted by molar-refractivity contribution is 0.325. The highest BCUT2D eigenvalue weighted by molar-refractivity contribution is 6.17. The van der Waals surface area contributed by atoms with Crippen molar-refractivity contribution in [3.05, 3.63) is 29.3 Å². The zero-order valence-electron chi connectivity index (χ0n) is 11.8. The lowest BCUT2D eigenvalue weighted by Gasteiger charge is -2.26. The van der Waals surface area contributed by atoms with Crippen molar-refractivity contribution in [2.45, 2.75) is 45.9 Å². The number of alkyl halides is 1. The van der Waals surface area contributed by atoms with E-state index in [0.29, 0.717) is 11.3 Å². The smallest absolute Gasteiger partial charge is 0.0474 e. The average molecular weight is 266 g/mol. The highest BCUT2D eigenvalue weighted by Crippen LogP contribution is 2.32. The molecule has 0 bridgehead atoms. The van der Waals surface area contributed by atoms with Gasteiger partial charge in [0.15, 0.2) is 0 Å². The Bertz CT molecular complexity index is 412. The van der Waals surface area contributed by atoms with Gasteiger partial charge in [-0.3, -0.25) is 0 Å². The Balaban J connectivity index is 2.16. The van der Waals surface area contributed by atoms with Crippen LogP contribution < -0.4 is 4.90 Å². The molecule has 0 aromatic heterocycles. The van der Waals surface area contributed by atoms with E-state index in [1.807, 2.05) is 0 Å². The van der Waals surface area contributed by atoms with Gasteiger partial charge in [0.25, 0.3) is 0 Å². The number of rotatable bonds is 2. The fourth-order valence-corrected chi connectivity index (χ4v) is 2.99. The van der Waals surface area contributed by atoms with Crippen LogP contribution in [0.25, 0.3) is 0 Å². The van der Waals surface area contributed by atoms with Crippen molar-refractivity contribution < 1.29 is 0 Å². The molecule has 1 aromatic rings. The first-order chi connectivity index (χ1) is 8.52. The third-order valence-electron chi connectivity index (χ3n) is 4.10. The average Bonchev–Trinajstić information content (AvgIpc) is 2.50. The monoisotopic (exact) mass is 265 g/mol. The summed E-state index contributed by atoms with van der Waals surface area (Å²) in [5.41, 5.74) is 4.46. The molecule has 0 atom stereocenters. The van der Waals surface area contributed by atoms with Crippen LogP contribution in [-0.4, -0.2) is 13.1 Å². The second kappa shape index (κ2) is 5.52. The van der Waals surface area contributed by atoms with Crippen LogP contribution in [-0.2, 0) is 5.88 Å². The Morgan fingerprint density at radius 2 is 2.00 bits per heavy atom. The van der Waals surface area contributed by atoms with E-state index in [4.69, 9.17) is 11.6 Å². The van der Waals surface area contributed by atoms with Crippen molar-refractivity contribution in [3.63, 3.8) is 0 Å². The number of hydrogen-bond acceptors (Lipinski definition) is 1. The zero-order valence-corrected chi connectivity index (χ0v) is 12.6. The highest BCUT2D eigenvalue weighted by atomic mass is 35.5. The van der Waals surface area contributed by atoms with Crippen LogP contribution in [0.3, 0.4) is 0 Å². The van der Waals surface area contributed by atoms with E-state index in [0.717, 1.165) is 0 Å². The molecule has 1 aromatic carbocycles. The minimum Gasteiger partial charge on any atom is -0.371 e. The standard InChI is InChI=1S/C16H24ClN/c1-13-11-14(12-17)5-6-15(13)18-9-4-7-16(2,3)8-10-18/h5-6,11H,4,7-10,12H2,1-3H3. The summed E-state index contributed by atoms with van der Waals surface area (Å²) in [7, 11) is 0. The van der Waals surface area contributed by atoms with Gasteiger partial charge in [0, 0.05) is 24.7 Å². The number of nitrogens with zero attached hydrogens (tertiary/aromatic N) is 1. The summed E-state index contributed by atoms with van der Waals surface area (Å²) >= 11 is 5.89. The Hall–Kier alpha value is -0.690. The van der Waals surface area contributed by atoms with Crippen LogP contribution >= 0.6 is 11.6 Å². The van der Waals surface area contributed by atoms with E-state index in [9.17, 15) is 0 Å². The predicted octanol–water partition coefficient (Wildman–Crippen LogP) is 4.75. The molecule has 0 spiro atoms. The molecule has 1 saturated heterocycles. The van der Waals surface area contributed by atoms with E-state index in [1.165, 1.54) is 49.2 Å². The van der Waals surface area contributed by atoms with Gasteiger partial charge in [0.05, 0.1) is 0 Å². The van der Waals surface area contributed by atoms with E-state index < -0.39 is 0 Å². The molecular formula is C16H24ClN. The minimum absolute atomic E-state index is 0.499. The fraction of sp³-hybridized carbons (Fsp3) is 0.625. The Labute approximate surface area is 116 Å². The van der Waals surface area contributed by atoms with E-state index >= 15 is 0 Å². The molecule has 1 aliphatic heterocycles. The van der Waals surface area contributed by atoms with Gasteiger partial charge >= 0.3 is 0 Å². The zero-order chi connectivity index (χ0) is 13.2. The molecule has 100 valence electrons. The van der Waals surface area contributed by atoms with E-state index in [1.54, 1.807) is 0 Å². The van der Waals surface area contributed by atoms with Crippen LogP contribution in [0, 0.1) is 12.3 Å². The molecule has 0 N–H and O–H groups in total. The second-order valence-corrected chi connectivity index (χ2v) is 6.53. The van der Waals surface area contributed by atoms with Crippen molar-refractivity contribution in [3.8, 4) is 0 Å². The summed E-state index contributed by atoms with van der Waals surface area (Å²) in [6.07, 6.45) is 3.91. The van der Waals surface area contributed by atoms with E-state index in [-0.39, 0.29) is 0 Å². The molecule has 0 radical (unpaired) electrons. The number of halogens is 1. The van der Waals surface area contributed by atoms with Gasteiger partial charge < -0.3 is 4.90 Å². The van der Waals surface area contributed by atoms with E-state index in [2.05, 4.69) is 43.9 Å². The molecule has 2 rings (SSSR count). The summed E-state index contributed by atoms with van der Waals surface area (Å²) < 4.78 is 0. The quantitative estimate of drug-likeness (QED) is 0.698. The van der Waals surface area contributed by atoms with Crippen molar-refractivity contribution in [1.82, 2.24) is 0 Å². The summed E-state index contributed by atoms with van der Waals surface area (Å²) in [4.78, 5) is 2.54. The SMILES string of the molecule is Cc1cc(CCl)ccc1N1CCCC(C)(C)CC1. The van der Waals surface area contributed by atoms with Crippen molar-refractivity contribution in [2.75, 3.05) is 18.0 Å². The first-order valence-corrected chi connectivity index (χ1v) is 7.46. The molecule has 0 aliphatic carbocycles. The summed E-state index contributed by atoms with van der Waals surface area (Å²) in [6, 6.07) is 6.62. The Morgan fingerprint density at radius 3 is 2.67 bits per heavy atom. The first-order valence-electron chi connectivity index (χ1n) is 6.92. The third-order valence-corrected chi connectivity index (χ3v) is 4.40. The highest BCUT2D eigenvalue weighted by Gasteiger charge is 2.23. The molecule has 0 unspecified atom stereocenters. The Morgan fingerprint density at radius 1 is 1.22 bits per heavy atom. The van der Waals surface area contributed by atoms with Crippen LogP contribution in [0.4, 0.5) is 5.69 Å². The maximum atomic E-state index is 5.89. The van der Waals surface area contributed by atoms with Gasteiger partial charge in [-0.25, -0.2) is 0 Å². The van der Waals surface area contributed by atoms with Crippen LogP contribution in [0.15, 0.2) is 18.2 Å². The van der Waals surface area contributed by atoms with Crippen molar-refractivity contribution in [2.24, 2.45) is 5.41 Å². The number of anilines is 1. The van der Waals surface area contributed by atoms with Gasteiger partial charge in [-0.2, -0.15) is 0 Å². The maximum absolute atomic E-state index is 5.89.